The second-order valence-corrected chi connectivity index (χ2v) is 4.45. The zero-order chi connectivity index (χ0) is 16.3. The molecule has 0 aliphatic rings. The van der Waals surface area contributed by atoms with Gasteiger partial charge in [0.25, 0.3) is 0 Å². The van der Waals surface area contributed by atoms with Crippen LogP contribution in [0.15, 0.2) is 0 Å². The molecule has 0 fully saturated rings. The van der Waals surface area contributed by atoms with Gasteiger partial charge >= 0.3 is 0 Å². The van der Waals surface area contributed by atoms with Crippen molar-refractivity contribution in [2.45, 2.75) is 39.0 Å². The molecule has 0 bridgehead atoms. The fourth-order valence-electron chi connectivity index (χ4n) is 1.53. The summed E-state index contributed by atoms with van der Waals surface area (Å²) in [5.41, 5.74) is 0. The molecule has 4 N–H and O–H groups in total. The normalized spacial score (nSPS) is 14.0. The third-order valence-electron chi connectivity index (χ3n) is 2.48. The van der Waals surface area contributed by atoms with Crippen LogP contribution >= 0.6 is 0 Å². The molecule has 9 nitrogen and oxygen atoms in total. The van der Waals surface area contributed by atoms with Gasteiger partial charge in [-0.25, -0.2) is 0 Å². The average molecular weight is 300 g/mol. The first-order valence-electron chi connectivity index (χ1n) is 6.36. The Hall–Kier alpha value is -2.45. The Kier molecular flexibility index (Phi) is 9.14. The largest absolute Gasteiger partial charge is 0.339 e. The van der Waals surface area contributed by atoms with Crippen molar-refractivity contribution in [2.24, 2.45) is 5.92 Å². The monoisotopic (exact) mass is 300 g/mol. The van der Waals surface area contributed by atoms with Gasteiger partial charge in [-0.2, -0.15) is 0 Å². The Morgan fingerprint density at radius 2 is 1.24 bits per heavy atom. The predicted octanol–water partition coefficient (Wildman–Crippen LogP) is -2.00. The molecule has 4 amide bonds. The second-order valence-electron chi connectivity index (χ2n) is 4.45. The van der Waals surface area contributed by atoms with Gasteiger partial charge in [0.15, 0.2) is 0 Å². The summed E-state index contributed by atoms with van der Waals surface area (Å²) in [6, 6.07) is 0. The molecule has 0 aliphatic carbocycles. The van der Waals surface area contributed by atoms with E-state index in [0.717, 1.165) is 0 Å². The first-order chi connectivity index (χ1) is 9.92. The van der Waals surface area contributed by atoms with Gasteiger partial charge in [0, 0.05) is 18.8 Å². The van der Waals surface area contributed by atoms with Crippen molar-refractivity contribution in [1.82, 2.24) is 21.3 Å². The number of nitrogens with one attached hydrogen (secondary N) is 4. The van der Waals surface area contributed by atoms with E-state index >= 15 is 0 Å². The quantitative estimate of drug-likeness (QED) is 0.259. The smallest absolute Gasteiger partial charge is 0.222 e. The highest BCUT2D eigenvalue weighted by Gasteiger charge is 2.18. The number of hydrogen-bond acceptors (Lipinski definition) is 5. The van der Waals surface area contributed by atoms with Crippen LogP contribution in [0.3, 0.4) is 0 Å². The van der Waals surface area contributed by atoms with E-state index in [9.17, 15) is 24.0 Å². The molecule has 0 aromatic rings. The van der Waals surface area contributed by atoms with Crippen molar-refractivity contribution in [2.75, 3.05) is 0 Å². The van der Waals surface area contributed by atoms with E-state index in [1.54, 1.807) is 13.8 Å². The molecule has 0 aliphatic heterocycles. The molecule has 0 saturated heterocycles. The molecule has 9 heteroatoms. The average Bonchev–Trinajstić information content (AvgIpc) is 2.37. The number of hydrogen-bond donors (Lipinski definition) is 4. The topological polar surface area (TPSA) is 133 Å². The van der Waals surface area contributed by atoms with Gasteiger partial charge in [0.05, 0.1) is 12.3 Å². The van der Waals surface area contributed by atoms with Crippen molar-refractivity contribution >= 4 is 30.9 Å². The molecule has 21 heavy (non-hydrogen) atoms. The number of carbonyl (C=O) groups is 5. The number of amides is 4. The van der Waals surface area contributed by atoms with Crippen LogP contribution in [0, 0.1) is 5.92 Å². The maximum atomic E-state index is 11.6. The van der Waals surface area contributed by atoms with Gasteiger partial charge in [0.2, 0.25) is 24.6 Å². The van der Waals surface area contributed by atoms with Gasteiger partial charge in [-0.15, -0.1) is 0 Å². The van der Waals surface area contributed by atoms with Crippen LogP contribution in [0.5, 0.6) is 0 Å². The van der Waals surface area contributed by atoms with Crippen molar-refractivity contribution in [3.8, 4) is 0 Å². The molecule has 0 heterocycles. The minimum Gasteiger partial charge on any atom is -0.339 e. The lowest BCUT2D eigenvalue weighted by atomic mass is 10.0. The molecule has 118 valence electrons. The third-order valence-corrected chi connectivity index (χ3v) is 2.48. The molecule has 0 saturated carbocycles. The van der Waals surface area contributed by atoms with E-state index in [1.165, 1.54) is 0 Å². The fourth-order valence-corrected chi connectivity index (χ4v) is 1.53. The highest BCUT2D eigenvalue weighted by atomic mass is 16.2. The van der Waals surface area contributed by atoms with E-state index in [0.29, 0.717) is 19.1 Å². The van der Waals surface area contributed by atoms with Crippen LogP contribution in [0.4, 0.5) is 0 Å². The minimum atomic E-state index is -0.781. The Balaban J connectivity index is 4.23. The van der Waals surface area contributed by atoms with Gasteiger partial charge in [-0.3, -0.25) is 19.2 Å². The highest BCUT2D eigenvalue weighted by molar-refractivity contribution is 5.84. The Morgan fingerprint density at radius 3 is 1.52 bits per heavy atom. The summed E-state index contributed by atoms with van der Waals surface area (Å²) in [5.74, 6) is -1.70. The van der Waals surface area contributed by atoms with Crippen LogP contribution in [-0.4, -0.2) is 43.3 Å². The maximum absolute atomic E-state index is 11.6. The maximum Gasteiger partial charge on any atom is 0.222 e. The number of carbonyl (C=O) groups excluding carboxylic acids is 5. The van der Waals surface area contributed by atoms with Crippen LogP contribution in [0.25, 0.3) is 0 Å². The Bertz CT molecular complexity index is 356. The van der Waals surface area contributed by atoms with Crippen molar-refractivity contribution in [3.63, 3.8) is 0 Å². The summed E-state index contributed by atoms with van der Waals surface area (Å²) in [4.78, 5) is 54.4. The van der Waals surface area contributed by atoms with Crippen LogP contribution in [0.1, 0.15) is 26.7 Å². The molecular formula is C12H20N4O5. The molecule has 0 radical (unpaired) electrons. The Labute approximate surface area is 122 Å². The van der Waals surface area contributed by atoms with Crippen molar-refractivity contribution in [3.05, 3.63) is 0 Å². The summed E-state index contributed by atoms with van der Waals surface area (Å²) in [6.07, 6.45) is -0.0573. The molecule has 2 atom stereocenters. The summed E-state index contributed by atoms with van der Waals surface area (Å²) in [7, 11) is 0. The van der Waals surface area contributed by atoms with Gasteiger partial charge in [-0.1, -0.05) is 0 Å². The molecule has 0 aromatic carbocycles. The molecule has 0 rings (SSSR count). The van der Waals surface area contributed by atoms with E-state index in [4.69, 9.17) is 0 Å². The van der Waals surface area contributed by atoms with E-state index in [2.05, 4.69) is 21.3 Å². The number of aldehydes is 1. The summed E-state index contributed by atoms with van der Waals surface area (Å²) in [6.45, 7) is 3.11. The van der Waals surface area contributed by atoms with Gasteiger partial charge in [-0.05, 0) is 13.8 Å². The van der Waals surface area contributed by atoms with Gasteiger partial charge in [0.1, 0.15) is 6.29 Å². The minimum absolute atomic E-state index is 0.169. The Morgan fingerprint density at radius 1 is 0.857 bits per heavy atom. The van der Waals surface area contributed by atoms with Gasteiger partial charge < -0.3 is 26.1 Å². The van der Waals surface area contributed by atoms with E-state index in [-0.39, 0.29) is 12.8 Å². The molecular weight excluding hydrogens is 280 g/mol. The summed E-state index contributed by atoms with van der Waals surface area (Å²) >= 11 is 0. The van der Waals surface area contributed by atoms with Crippen molar-refractivity contribution < 1.29 is 24.0 Å². The summed E-state index contributed by atoms with van der Waals surface area (Å²) in [5, 5.41) is 9.55. The first kappa shape index (κ1) is 18.6. The molecule has 0 spiro atoms. The lowest BCUT2D eigenvalue weighted by Crippen LogP contribution is -2.44. The first-order valence-corrected chi connectivity index (χ1v) is 6.36. The lowest BCUT2D eigenvalue weighted by molar-refractivity contribution is -0.128. The SMILES string of the molecule is CC(NC=O)NC(=O)CC(C=O)CC(=O)NC(C)NC=O. The standard InChI is InChI=1S/C12H20N4O5/c1-8(13-6-18)15-11(20)3-10(5-17)4-12(21)16-9(2)14-7-19/h5-10H,3-4H2,1-2H3,(H,13,18)(H,14,19)(H,15,20)(H,16,21). The van der Waals surface area contributed by atoms with Crippen molar-refractivity contribution in [1.29, 1.82) is 0 Å². The van der Waals surface area contributed by atoms with Crippen LogP contribution in [-0.2, 0) is 24.0 Å². The lowest BCUT2D eigenvalue weighted by Gasteiger charge is -2.16. The second kappa shape index (κ2) is 10.4. The van der Waals surface area contributed by atoms with Crippen LogP contribution in [0.2, 0.25) is 0 Å². The molecule has 2 unspecified atom stereocenters. The number of rotatable bonds is 11. The van der Waals surface area contributed by atoms with E-state index in [1.807, 2.05) is 0 Å². The zero-order valence-corrected chi connectivity index (χ0v) is 11.9. The summed E-state index contributed by atoms with van der Waals surface area (Å²) < 4.78 is 0. The molecule has 0 aromatic heterocycles. The zero-order valence-electron chi connectivity index (χ0n) is 11.9. The fraction of sp³-hybridized carbons (Fsp3) is 0.583. The predicted molar refractivity (Wildman–Crippen MR) is 72.4 cm³/mol. The van der Waals surface area contributed by atoms with E-state index < -0.39 is 30.1 Å². The highest BCUT2D eigenvalue weighted by Crippen LogP contribution is 2.05. The third kappa shape index (κ3) is 9.14. The van der Waals surface area contributed by atoms with Crippen LogP contribution < -0.4 is 21.3 Å².